The van der Waals surface area contributed by atoms with Crippen LogP contribution in [0, 0.1) is 0 Å². The second-order valence-corrected chi connectivity index (χ2v) is 8.74. The molecule has 0 unspecified atom stereocenters. The van der Waals surface area contributed by atoms with Gasteiger partial charge in [0, 0.05) is 24.3 Å². The Balaban J connectivity index is 1.81. The minimum Gasteiger partial charge on any atom is -0.478 e. The first-order valence-corrected chi connectivity index (χ1v) is 10.9. The molecule has 1 amide bonds. The third-order valence-corrected chi connectivity index (χ3v) is 6.32. The minimum atomic E-state index is -3.83. The van der Waals surface area contributed by atoms with Gasteiger partial charge in [0.2, 0.25) is 15.9 Å². The zero-order chi connectivity index (χ0) is 20.3. The number of rotatable bonds is 8. The molecular formula is C18H19Cl2N3O4S. The van der Waals surface area contributed by atoms with Crippen LogP contribution in [0.4, 0.5) is 0 Å². The highest BCUT2D eigenvalue weighted by molar-refractivity contribution is 7.89. The number of carbonyl (C=O) groups is 1. The average molecular weight is 444 g/mol. The predicted molar refractivity (Wildman–Crippen MR) is 106 cm³/mol. The van der Waals surface area contributed by atoms with E-state index < -0.39 is 15.9 Å². The molecule has 2 aromatic rings. The summed E-state index contributed by atoms with van der Waals surface area (Å²) in [5.41, 5.74) is 0.704. The van der Waals surface area contributed by atoms with Crippen LogP contribution in [0.5, 0.6) is 5.88 Å². The monoisotopic (exact) mass is 443 g/mol. The van der Waals surface area contributed by atoms with Crippen LogP contribution < -0.4 is 14.8 Å². The molecule has 0 spiro atoms. The SMILES string of the molecule is CCOc1ncccc1CNC(=O)c1cc(S(=O)(=O)NC2CC2)c(Cl)cc1Cl. The Kier molecular flexibility index (Phi) is 6.44. The van der Waals surface area contributed by atoms with E-state index in [9.17, 15) is 13.2 Å². The Hall–Kier alpha value is -1.87. The number of nitrogens with one attached hydrogen (secondary N) is 2. The smallest absolute Gasteiger partial charge is 0.253 e. The summed E-state index contributed by atoms with van der Waals surface area (Å²) in [6.45, 7) is 2.42. The van der Waals surface area contributed by atoms with Crippen LogP contribution in [0.2, 0.25) is 10.0 Å². The molecule has 0 radical (unpaired) electrons. The summed E-state index contributed by atoms with van der Waals surface area (Å²) in [5.74, 6) is -0.111. The number of amides is 1. The molecule has 1 aliphatic carbocycles. The van der Waals surface area contributed by atoms with Crippen molar-refractivity contribution in [2.24, 2.45) is 0 Å². The van der Waals surface area contributed by atoms with Crippen molar-refractivity contribution in [3.63, 3.8) is 0 Å². The summed E-state index contributed by atoms with van der Waals surface area (Å²) >= 11 is 12.2. The van der Waals surface area contributed by atoms with E-state index in [-0.39, 0.29) is 33.1 Å². The van der Waals surface area contributed by atoms with Crippen LogP contribution in [0.15, 0.2) is 35.4 Å². The van der Waals surface area contributed by atoms with Gasteiger partial charge < -0.3 is 10.1 Å². The van der Waals surface area contributed by atoms with Crippen LogP contribution in [-0.2, 0) is 16.6 Å². The maximum atomic E-state index is 12.6. The second-order valence-electron chi connectivity index (χ2n) is 6.24. The summed E-state index contributed by atoms with van der Waals surface area (Å²) < 4.78 is 32.9. The third-order valence-electron chi connectivity index (χ3n) is 4.03. The molecule has 1 fully saturated rings. The number of nitrogens with zero attached hydrogens (tertiary/aromatic N) is 1. The molecule has 0 saturated heterocycles. The number of pyridine rings is 1. The van der Waals surface area contributed by atoms with Gasteiger partial charge in [0.1, 0.15) is 4.90 Å². The summed E-state index contributed by atoms with van der Waals surface area (Å²) in [6.07, 6.45) is 3.16. The number of aromatic nitrogens is 1. The van der Waals surface area contributed by atoms with Crippen LogP contribution in [0.1, 0.15) is 35.7 Å². The Bertz CT molecular complexity index is 994. The van der Waals surface area contributed by atoms with Crippen molar-refractivity contribution >= 4 is 39.1 Å². The Morgan fingerprint density at radius 1 is 1.29 bits per heavy atom. The molecule has 1 saturated carbocycles. The zero-order valence-corrected chi connectivity index (χ0v) is 17.4. The summed E-state index contributed by atoms with van der Waals surface area (Å²) in [5, 5.41) is 2.72. The van der Waals surface area contributed by atoms with Crippen LogP contribution in [-0.4, -0.2) is 32.0 Å². The molecular weight excluding hydrogens is 425 g/mol. The van der Waals surface area contributed by atoms with E-state index in [1.165, 1.54) is 12.1 Å². The molecule has 150 valence electrons. The summed E-state index contributed by atoms with van der Waals surface area (Å²) in [7, 11) is -3.83. The lowest BCUT2D eigenvalue weighted by Gasteiger charge is -2.13. The van der Waals surface area contributed by atoms with Gasteiger partial charge in [-0.2, -0.15) is 0 Å². The first-order chi connectivity index (χ1) is 13.3. The Morgan fingerprint density at radius 3 is 2.71 bits per heavy atom. The first-order valence-electron chi connectivity index (χ1n) is 8.68. The maximum absolute atomic E-state index is 12.6. The van der Waals surface area contributed by atoms with Crippen LogP contribution in [0.3, 0.4) is 0 Å². The molecule has 2 N–H and O–H groups in total. The number of hydrogen-bond donors (Lipinski definition) is 2. The van der Waals surface area contributed by atoms with Gasteiger partial charge in [-0.25, -0.2) is 18.1 Å². The largest absolute Gasteiger partial charge is 0.478 e. The number of sulfonamides is 1. The van der Waals surface area contributed by atoms with Gasteiger partial charge >= 0.3 is 0 Å². The molecule has 0 atom stereocenters. The van der Waals surface area contributed by atoms with E-state index in [2.05, 4.69) is 15.0 Å². The maximum Gasteiger partial charge on any atom is 0.253 e. The van der Waals surface area contributed by atoms with Crippen molar-refractivity contribution in [3.8, 4) is 5.88 Å². The molecule has 1 heterocycles. The van der Waals surface area contributed by atoms with E-state index >= 15 is 0 Å². The van der Waals surface area contributed by atoms with Crippen molar-refractivity contribution < 1.29 is 17.9 Å². The number of carbonyl (C=O) groups excluding carboxylic acids is 1. The molecule has 1 aliphatic rings. The molecule has 1 aromatic carbocycles. The van der Waals surface area contributed by atoms with E-state index in [1.54, 1.807) is 18.3 Å². The summed E-state index contributed by atoms with van der Waals surface area (Å²) in [6, 6.07) is 5.87. The molecule has 10 heteroatoms. The fourth-order valence-electron chi connectivity index (χ4n) is 2.49. The highest BCUT2D eigenvalue weighted by Crippen LogP contribution is 2.30. The second kappa shape index (κ2) is 8.65. The van der Waals surface area contributed by atoms with Crippen LogP contribution >= 0.6 is 23.2 Å². The normalized spacial score (nSPS) is 14.0. The highest BCUT2D eigenvalue weighted by Gasteiger charge is 2.30. The molecule has 0 bridgehead atoms. The number of halogens is 2. The van der Waals surface area contributed by atoms with Gasteiger partial charge in [-0.15, -0.1) is 0 Å². The van der Waals surface area contributed by atoms with E-state index in [4.69, 9.17) is 27.9 Å². The van der Waals surface area contributed by atoms with Crippen molar-refractivity contribution in [1.82, 2.24) is 15.0 Å². The fourth-order valence-corrected chi connectivity index (χ4v) is 4.65. The minimum absolute atomic E-state index is 0.0177. The predicted octanol–water partition coefficient (Wildman–Crippen LogP) is 3.16. The Labute approximate surface area is 173 Å². The van der Waals surface area contributed by atoms with Crippen molar-refractivity contribution in [1.29, 1.82) is 0 Å². The first kappa shape index (κ1) is 20.9. The summed E-state index contributed by atoms with van der Waals surface area (Å²) in [4.78, 5) is 16.6. The highest BCUT2D eigenvalue weighted by atomic mass is 35.5. The van der Waals surface area contributed by atoms with E-state index in [0.717, 1.165) is 12.8 Å². The third kappa shape index (κ3) is 4.94. The van der Waals surface area contributed by atoms with Gasteiger partial charge in [-0.1, -0.05) is 29.3 Å². The van der Waals surface area contributed by atoms with Crippen LogP contribution in [0.25, 0.3) is 0 Å². The van der Waals surface area contributed by atoms with Gasteiger partial charge in [-0.05, 0) is 38.0 Å². The lowest BCUT2D eigenvalue weighted by atomic mass is 10.2. The molecule has 0 aliphatic heterocycles. The van der Waals surface area contributed by atoms with E-state index in [1.807, 2.05) is 6.92 Å². The van der Waals surface area contributed by atoms with E-state index in [0.29, 0.717) is 18.1 Å². The fraction of sp³-hybridized carbons (Fsp3) is 0.333. The number of benzene rings is 1. The topological polar surface area (TPSA) is 97.4 Å². The zero-order valence-electron chi connectivity index (χ0n) is 15.0. The quantitative estimate of drug-likeness (QED) is 0.652. The van der Waals surface area contributed by atoms with Gasteiger partial charge in [0.05, 0.1) is 22.2 Å². The van der Waals surface area contributed by atoms with Gasteiger partial charge in [0.25, 0.3) is 5.91 Å². The molecule has 28 heavy (non-hydrogen) atoms. The van der Waals surface area contributed by atoms with Crippen molar-refractivity contribution in [3.05, 3.63) is 51.6 Å². The van der Waals surface area contributed by atoms with Crippen molar-refractivity contribution in [2.45, 2.75) is 37.2 Å². The standard InChI is InChI=1S/C18H19Cl2N3O4S/c1-2-27-18-11(4-3-7-21-18)10-22-17(24)13-8-16(15(20)9-14(13)19)28(25,26)23-12-5-6-12/h3-4,7-9,12,23H,2,5-6,10H2,1H3,(H,22,24). The Morgan fingerprint density at radius 2 is 2.04 bits per heavy atom. The number of hydrogen-bond acceptors (Lipinski definition) is 5. The van der Waals surface area contributed by atoms with Gasteiger partial charge in [-0.3, -0.25) is 4.79 Å². The average Bonchev–Trinajstić information content (AvgIpc) is 3.44. The molecule has 7 nitrogen and oxygen atoms in total. The number of ether oxygens (including phenoxy) is 1. The lowest BCUT2D eigenvalue weighted by Crippen LogP contribution is -2.27. The lowest BCUT2D eigenvalue weighted by molar-refractivity contribution is 0.0950. The van der Waals surface area contributed by atoms with Gasteiger partial charge in [0.15, 0.2) is 0 Å². The molecule has 3 rings (SSSR count). The van der Waals surface area contributed by atoms with Crippen molar-refractivity contribution in [2.75, 3.05) is 6.61 Å². The molecule has 1 aromatic heterocycles.